The molecule has 1 aromatic carbocycles. The molecule has 0 atom stereocenters. The second-order valence-corrected chi connectivity index (χ2v) is 10.6. The minimum Gasteiger partial charge on any atom is -0.383 e. The average molecular weight is 429 g/mol. The van der Waals surface area contributed by atoms with Crippen LogP contribution in [0.5, 0.6) is 0 Å². The van der Waals surface area contributed by atoms with E-state index in [4.69, 9.17) is 0 Å². The minimum atomic E-state index is -4.18. The maximum Gasteiger partial charge on any atom is 0.254 e. The van der Waals surface area contributed by atoms with Crippen LogP contribution >= 0.6 is 0 Å². The Morgan fingerprint density at radius 1 is 0.929 bits per heavy atom. The van der Waals surface area contributed by atoms with Crippen LogP contribution in [0.1, 0.15) is 51.0 Å². The standard InChI is InChI=1S/C20H32N2O4S2/c1-4-5-6-7-8-13-18-27(23,24)21-28(25,26)20-16-10-9-14-19(20)15-11-12-17-22(2)3/h9-12,14-17,21H,4-8,13,18H2,1-3H3. The summed E-state index contributed by atoms with van der Waals surface area (Å²) in [6.45, 7) is 2.12. The van der Waals surface area contributed by atoms with Gasteiger partial charge in [-0.3, -0.25) is 0 Å². The first-order chi connectivity index (χ1) is 13.2. The third-order valence-corrected chi connectivity index (χ3v) is 7.65. The molecule has 0 heterocycles. The molecule has 1 rings (SSSR count). The van der Waals surface area contributed by atoms with Gasteiger partial charge in [-0.25, -0.2) is 16.8 Å². The second-order valence-electron chi connectivity index (χ2n) is 6.88. The highest BCUT2D eigenvalue weighted by atomic mass is 32.3. The second kappa shape index (κ2) is 12.0. The highest BCUT2D eigenvalue weighted by molar-refractivity contribution is 8.04. The summed E-state index contributed by atoms with van der Waals surface area (Å²) in [5.41, 5.74) is 0.424. The van der Waals surface area contributed by atoms with Crippen molar-refractivity contribution in [2.75, 3.05) is 19.8 Å². The van der Waals surface area contributed by atoms with E-state index in [0.29, 0.717) is 12.0 Å². The molecule has 28 heavy (non-hydrogen) atoms. The molecule has 8 heteroatoms. The quantitative estimate of drug-likeness (QED) is 0.382. The smallest absolute Gasteiger partial charge is 0.254 e. The van der Waals surface area contributed by atoms with E-state index in [1.807, 2.05) is 29.3 Å². The summed E-state index contributed by atoms with van der Waals surface area (Å²) in [5.74, 6) is -0.193. The molecular weight excluding hydrogens is 396 g/mol. The normalized spacial score (nSPS) is 12.8. The third kappa shape index (κ3) is 9.52. The molecule has 0 spiro atoms. The number of nitrogens with one attached hydrogen (secondary N) is 1. The molecule has 0 fully saturated rings. The van der Waals surface area contributed by atoms with Crippen LogP contribution in [0, 0.1) is 0 Å². The zero-order chi connectivity index (χ0) is 21.0. The van der Waals surface area contributed by atoms with Gasteiger partial charge >= 0.3 is 0 Å². The van der Waals surface area contributed by atoms with Gasteiger partial charge in [-0.15, -0.1) is 4.13 Å². The number of hydrogen-bond donors (Lipinski definition) is 1. The van der Waals surface area contributed by atoms with Crippen molar-refractivity contribution in [1.82, 2.24) is 9.03 Å². The molecule has 0 aliphatic heterocycles. The van der Waals surface area contributed by atoms with Crippen LogP contribution in [0.25, 0.3) is 6.08 Å². The van der Waals surface area contributed by atoms with Crippen LogP contribution in [0.3, 0.4) is 0 Å². The van der Waals surface area contributed by atoms with E-state index in [2.05, 4.69) is 6.92 Å². The molecule has 0 unspecified atom stereocenters. The van der Waals surface area contributed by atoms with E-state index in [1.54, 1.807) is 36.4 Å². The van der Waals surface area contributed by atoms with Crippen molar-refractivity contribution >= 4 is 26.1 Å². The van der Waals surface area contributed by atoms with Gasteiger partial charge in [-0.2, -0.15) is 0 Å². The third-order valence-electron chi connectivity index (χ3n) is 3.98. The van der Waals surface area contributed by atoms with Gasteiger partial charge in [-0.1, -0.05) is 69.4 Å². The van der Waals surface area contributed by atoms with Gasteiger partial charge in [0.15, 0.2) is 0 Å². The fourth-order valence-corrected chi connectivity index (χ4v) is 5.89. The Kier molecular flexibility index (Phi) is 10.5. The SMILES string of the molecule is CCCCCCCCS(=O)(=O)NS(=O)(=O)c1ccccc1C=CC=CN(C)C. The molecule has 158 valence electrons. The Bertz CT molecular complexity index is 858. The van der Waals surface area contributed by atoms with Gasteiger partial charge in [-0.05, 0) is 30.3 Å². The van der Waals surface area contributed by atoms with Crippen LogP contribution in [-0.2, 0) is 20.0 Å². The summed E-state index contributed by atoms with van der Waals surface area (Å²) in [7, 11) is -4.34. The van der Waals surface area contributed by atoms with Gasteiger partial charge in [0.2, 0.25) is 10.0 Å². The maximum absolute atomic E-state index is 12.6. The fraction of sp³-hybridized carbons (Fsp3) is 0.500. The maximum atomic E-state index is 12.6. The molecule has 0 amide bonds. The molecule has 0 saturated heterocycles. The molecule has 0 saturated carbocycles. The summed E-state index contributed by atoms with van der Waals surface area (Å²) >= 11 is 0. The molecule has 1 N–H and O–H groups in total. The fourth-order valence-electron chi connectivity index (χ4n) is 2.57. The van der Waals surface area contributed by atoms with E-state index < -0.39 is 20.0 Å². The van der Waals surface area contributed by atoms with Gasteiger partial charge < -0.3 is 4.90 Å². The van der Waals surface area contributed by atoms with Gasteiger partial charge in [0.05, 0.1) is 10.6 Å². The Labute approximate surface area is 170 Å². The van der Waals surface area contributed by atoms with Crippen molar-refractivity contribution in [2.45, 2.75) is 50.3 Å². The van der Waals surface area contributed by atoms with E-state index in [1.165, 1.54) is 6.07 Å². The lowest BCUT2D eigenvalue weighted by Gasteiger charge is -2.10. The average Bonchev–Trinajstić information content (AvgIpc) is 2.61. The number of unbranched alkanes of at least 4 members (excludes halogenated alkanes) is 5. The first-order valence-corrected chi connectivity index (χ1v) is 12.7. The van der Waals surface area contributed by atoms with Crippen molar-refractivity contribution < 1.29 is 16.8 Å². The lowest BCUT2D eigenvalue weighted by Crippen LogP contribution is -2.33. The van der Waals surface area contributed by atoms with Gasteiger partial charge in [0.25, 0.3) is 10.0 Å². The molecule has 0 bridgehead atoms. The van der Waals surface area contributed by atoms with Gasteiger partial charge in [0, 0.05) is 14.1 Å². The number of nitrogens with zero attached hydrogens (tertiary/aromatic N) is 1. The number of hydrogen-bond acceptors (Lipinski definition) is 5. The molecular formula is C20H32N2O4S2. The molecule has 0 radical (unpaired) electrons. The predicted molar refractivity (Wildman–Crippen MR) is 116 cm³/mol. The van der Waals surface area contributed by atoms with Gasteiger partial charge in [0.1, 0.15) is 0 Å². The summed E-state index contributed by atoms with van der Waals surface area (Å²) < 4.78 is 51.6. The predicted octanol–water partition coefficient (Wildman–Crippen LogP) is 3.74. The Morgan fingerprint density at radius 2 is 1.57 bits per heavy atom. The molecule has 0 aliphatic rings. The van der Waals surface area contributed by atoms with Crippen molar-refractivity contribution in [3.05, 3.63) is 48.2 Å². The van der Waals surface area contributed by atoms with E-state index in [9.17, 15) is 16.8 Å². The molecule has 0 aromatic heterocycles. The lowest BCUT2D eigenvalue weighted by molar-refractivity contribution is 0.564. The highest BCUT2D eigenvalue weighted by Gasteiger charge is 2.24. The first-order valence-electron chi connectivity index (χ1n) is 9.54. The largest absolute Gasteiger partial charge is 0.383 e. The van der Waals surface area contributed by atoms with Crippen LogP contribution in [-0.4, -0.2) is 41.6 Å². The Balaban J connectivity index is 2.81. The first kappa shape index (κ1) is 24.4. The van der Waals surface area contributed by atoms with Crippen LogP contribution < -0.4 is 4.13 Å². The van der Waals surface area contributed by atoms with E-state index >= 15 is 0 Å². The molecule has 6 nitrogen and oxygen atoms in total. The van der Waals surface area contributed by atoms with Crippen LogP contribution in [0.4, 0.5) is 0 Å². The Morgan fingerprint density at radius 3 is 2.25 bits per heavy atom. The topological polar surface area (TPSA) is 83.5 Å². The number of rotatable bonds is 13. The van der Waals surface area contributed by atoms with Crippen molar-refractivity contribution in [3.63, 3.8) is 0 Å². The number of sulfonamides is 2. The van der Waals surface area contributed by atoms with Crippen LogP contribution in [0.15, 0.2) is 47.5 Å². The zero-order valence-corrected chi connectivity index (χ0v) is 18.6. The summed E-state index contributed by atoms with van der Waals surface area (Å²) in [6.07, 6.45) is 12.4. The molecule has 0 aliphatic carbocycles. The monoisotopic (exact) mass is 428 g/mol. The van der Waals surface area contributed by atoms with Crippen molar-refractivity contribution in [3.8, 4) is 0 Å². The summed E-state index contributed by atoms with van der Waals surface area (Å²) in [5, 5.41) is 0. The highest BCUT2D eigenvalue weighted by Crippen LogP contribution is 2.18. The summed E-state index contributed by atoms with van der Waals surface area (Å²) in [4.78, 5) is 1.79. The minimum absolute atomic E-state index is 0.0592. The Hall–Kier alpha value is -1.64. The lowest BCUT2D eigenvalue weighted by atomic mass is 10.1. The van der Waals surface area contributed by atoms with Crippen molar-refractivity contribution in [2.24, 2.45) is 0 Å². The summed E-state index contributed by atoms with van der Waals surface area (Å²) in [6, 6.07) is 6.31. The van der Waals surface area contributed by atoms with Crippen molar-refractivity contribution in [1.29, 1.82) is 0 Å². The zero-order valence-electron chi connectivity index (χ0n) is 17.0. The molecule has 1 aromatic rings. The number of allylic oxidation sites excluding steroid dienone is 2. The number of benzene rings is 1. The van der Waals surface area contributed by atoms with E-state index in [-0.39, 0.29) is 10.6 Å². The van der Waals surface area contributed by atoms with Crippen LogP contribution in [0.2, 0.25) is 0 Å². The van der Waals surface area contributed by atoms with E-state index in [0.717, 1.165) is 32.1 Å².